The second-order valence-corrected chi connectivity index (χ2v) is 6.98. The lowest BCUT2D eigenvalue weighted by atomic mass is 10.0. The zero-order valence-electron chi connectivity index (χ0n) is 15.4. The second-order valence-electron chi connectivity index (χ2n) is 6.57. The summed E-state index contributed by atoms with van der Waals surface area (Å²) >= 11 is 6.06. The molecule has 0 aliphatic heterocycles. The van der Waals surface area contributed by atoms with Crippen LogP contribution in [-0.4, -0.2) is 4.98 Å². The molecular formula is C24H21ClFN. The molecule has 0 aliphatic rings. The number of halogens is 2. The Bertz CT molecular complexity index is 1040. The topological polar surface area (TPSA) is 12.9 Å². The third-order valence-corrected chi connectivity index (χ3v) is 4.63. The standard InChI is InChI=1S/C17H12ClF.C7H9N/c18-17-11-16(19)8-7-15(17)10-12-5-6-13-3-1-2-4-14(13)9-12;1-6-3-4-8-7(2)5-6/h1-9,11H,10H2;3-5H,1-2H3. The van der Waals surface area contributed by atoms with Crippen LogP contribution in [0.1, 0.15) is 22.4 Å². The molecule has 0 radical (unpaired) electrons. The quantitative estimate of drug-likeness (QED) is 0.369. The maximum absolute atomic E-state index is 13.0. The number of hydrogen-bond donors (Lipinski definition) is 0. The number of aromatic nitrogens is 1. The lowest BCUT2D eigenvalue weighted by Gasteiger charge is -2.06. The highest BCUT2D eigenvalue weighted by Crippen LogP contribution is 2.23. The summed E-state index contributed by atoms with van der Waals surface area (Å²) in [6, 6.07) is 23.2. The van der Waals surface area contributed by atoms with Crippen molar-refractivity contribution in [2.75, 3.05) is 0 Å². The molecular weight excluding hydrogens is 357 g/mol. The predicted octanol–water partition coefficient (Wildman–Crippen LogP) is 6.92. The molecule has 0 unspecified atom stereocenters. The number of rotatable bonds is 2. The zero-order valence-corrected chi connectivity index (χ0v) is 16.2. The number of benzene rings is 3. The zero-order chi connectivity index (χ0) is 19.2. The van der Waals surface area contributed by atoms with Gasteiger partial charge in [0.05, 0.1) is 0 Å². The Balaban J connectivity index is 0.000000221. The molecule has 3 aromatic carbocycles. The molecule has 4 aromatic rings. The van der Waals surface area contributed by atoms with E-state index in [-0.39, 0.29) is 5.82 Å². The predicted molar refractivity (Wildman–Crippen MR) is 112 cm³/mol. The number of hydrogen-bond acceptors (Lipinski definition) is 1. The van der Waals surface area contributed by atoms with Gasteiger partial charge in [0.2, 0.25) is 0 Å². The molecule has 0 saturated heterocycles. The van der Waals surface area contributed by atoms with Crippen LogP contribution in [-0.2, 0) is 6.42 Å². The number of fused-ring (bicyclic) bond motifs is 1. The Labute approximate surface area is 164 Å². The minimum atomic E-state index is -0.299. The monoisotopic (exact) mass is 377 g/mol. The third-order valence-electron chi connectivity index (χ3n) is 4.28. The fraction of sp³-hybridized carbons (Fsp3) is 0.125. The van der Waals surface area contributed by atoms with Gasteiger partial charge in [-0.15, -0.1) is 0 Å². The number of pyridine rings is 1. The van der Waals surface area contributed by atoms with Crippen molar-refractivity contribution in [2.45, 2.75) is 20.3 Å². The first-order valence-corrected chi connectivity index (χ1v) is 9.20. The van der Waals surface area contributed by atoms with Gasteiger partial charge in [0.25, 0.3) is 0 Å². The third kappa shape index (κ3) is 5.38. The molecule has 0 N–H and O–H groups in total. The van der Waals surface area contributed by atoms with Crippen molar-refractivity contribution in [3.8, 4) is 0 Å². The maximum atomic E-state index is 13.0. The molecule has 0 bridgehead atoms. The van der Waals surface area contributed by atoms with E-state index in [9.17, 15) is 4.39 Å². The van der Waals surface area contributed by atoms with E-state index in [1.807, 2.05) is 31.3 Å². The van der Waals surface area contributed by atoms with E-state index in [1.165, 1.54) is 34.0 Å². The summed E-state index contributed by atoms with van der Waals surface area (Å²) in [5.41, 5.74) is 4.48. The molecule has 1 aromatic heterocycles. The normalized spacial score (nSPS) is 10.4. The molecule has 1 heterocycles. The van der Waals surface area contributed by atoms with E-state index >= 15 is 0 Å². The molecule has 0 aliphatic carbocycles. The van der Waals surface area contributed by atoms with Gasteiger partial charge in [-0.3, -0.25) is 4.98 Å². The Morgan fingerprint density at radius 2 is 1.63 bits per heavy atom. The van der Waals surface area contributed by atoms with E-state index in [1.54, 1.807) is 6.07 Å². The van der Waals surface area contributed by atoms with Gasteiger partial charge >= 0.3 is 0 Å². The first kappa shape index (κ1) is 19.1. The van der Waals surface area contributed by atoms with Crippen molar-refractivity contribution >= 4 is 22.4 Å². The molecule has 0 saturated carbocycles. The van der Waals surface area contributed by atoms with Gasteiger partial charge in [0.1, 0.15) is 5.82 Å². The molecule has 1 nitrogen and oxygen atoms in total. The van der Waals surface area contributed by atoms with Crippen molar-refractivity contribution in [1.82, 2.24) is 4.98 Å². The summed E-state index contributed by atoms with van der Waals surface area (Å²) in [6.45, 7) is 4.06. The summed E-state index contributed by atoms with van der Waals surface area (Å²) in [5.74, 6) is -0.299. The van der Waals surface area contributed by atoms with Crippen LogP contribution in [0.3, 0.4) is 0 Å². The van der Waals surface area contributed by atoms with Gasteiger partial charge in [-0.2, -0.15) is 0 Å². The van der Waals surface area contributed by atoms with Crippen molar-refractivity contribution in [1.29, 1.82) is 0 Å². The molecule has 0 amide bonds. The summed E-state index contributed by atoms with van der Waals surface area (Å²) in [4.78, 5) is 4.04. The van der Waals surface area contributed by atoms with Gasteiger partial charge in [-0.25, -0.2) is 4.39 Å². The fourth-order valence-corrected chi connectivity index (χ4v) is 3.16. The molecule has 4 rings (SSSR count). The van der Waals surface area contributed by atoms with Gasteiger partial charge in [0, 0.05) is 16.9 Å². The van der Waals surface area contributed by atoms with E-state index < -0.39 is 0 Å². The van der Waals surface area contributed by atoms with Crippen LogP contribution in [0.15, 0.2) is 79.0 Å². The van der Waals surface area contributed by atoms with E-state index in [0.29, 0.717) is 11.4 Å². The Kier molecular flexibility index (Phi) is 6.20. The SMILES string of the molecule is Cc1ccnc(C)c1.Fc1ccc(Cc2ccc3ccccc3c2)c(Cl)c1. The van der Waals surface area contributed by atoms with Crippen molar-refractivity contribution in [2.24, 2.45) is 0 Å². The van der Waals surface area contributed by atoms with Gasteiger partial charge < -0.3 is 0 Å². The maximum Gasteiger partial charge on any atom is 0.124 e. The van der Waals surface area contributed by atoms with Crippen LogP contribution < -0.4 is 0 Å². The Morgan fingerprint density at radius 1 is 0.852 bits per heavy atom. The van der Waals surface area contributed by atoms with Crippen LogP contribution in [0.4, 0.5) is 4.39 Å². The summed E-state index contributed by atoms with van der Waals surface area (Å²) in [6.07, 6.45) is 2.54. The van der Waals surface area contributed by atoms with Crippen LogP contribution in [0.25, 0.3) is 10.8 Å². The van der Waals surface area contributed by atoms with Crippen molar-refractivity contribution in [3.63, 3.8) is 0 Å². The number of aryl methyl sites for hydroxylation is 2. The van der Waals surface area contributed by atoms with E-state index in [4.69, 9.17) is 11.6 Å². The first-order valence-electron chi connectivity index (χ1n) is 8.82. The van der Waals surface area contributed by atoms with Crippen LogP contribution >= 0.6 is 11.6 Å². The second kappa shape index (κ2) is 8.79. The molecule has 27 heavy (non-hydrogen) atoms. The smallest absolute Gasteiger partial charge is 0.124 e. The van der Waals surface area contributed by atoms with Crippen LogP contribution in [0.2, 0.25) is 5.02 Å². The van der Waals surface area contributed by atoms with Crippen LogP contribution in [0, 0.1) is 19.7 Å². The van der Waals surface area contributed by atoms with Crippen molar-refractivity contribution < 1.29 is 4.39 Å². The number of nitrogens with zero attached hydrogens (tertiary/aromatic N) is 1. The van der Waals surface area contributed by atoms with Gasteiger partial charge in [-0.05, 0) is 72.0 Å². The largest absolute Gasteiger partial charge is 0.262 e. The lowest BCUT2D eigenvalue weighted by Crippen LogP contribution is -1.90. The molecule has 3 heteroatoms. The van der Waals surface area contributed by atoms with E-state index in [0.717, 1.165) is 11.3 Å². The summed E-state index contributed by atoms with van der Waals surface area (Å²) < 4.78 is 13.0. The lowest BCUT2D eigenvalue weighted by molar-refractivity contribution is 0.627. The highest BCUT2D eigenvalue weighted by Gasteiger charge is 2.04. The van der Waals surface area contributed by atoms with Gasteiger partial charge in [0.15, 0.2) is 0 Å². The van der Waals surface area contributed by atoms with Gasteiger partial charge in [-0.1, -0.05) is 60.1 Å². The summed E-state index contributed by atoms with van der Waals surface area (Å²) in [7, 11) is 0. The Hall–Kier alpha value is -2.71. The fourth-order valence-electron chi connectivity index (χ4n) is 2.92. The molecule has 0 atom stereocenters. The average Bonchev–Trinajstić information content (AvgIpc) is 2.64. The van der Waals surface area contributed by atoms with E-state index in [2.05, 4.69) is 48.3 Å². The molecule has 136 valence electrons. The van der Waals surface area contributed by atoms with Crippen molar-refractivity contribution in [3.05, 3.63) is 112 Å². The molecule has 0 fully saturated rings. The minimum Gasteiger partial charge on any atom is -0.262 e. The van der Waals surface area contributed by atoms with Crippen LogP contribution in [0.5, 0.6) is 0 Å². The average molecular weight is 378 g/mol. The minimum absolute atomic E-state index is 0.299. The first-order chi connectivity index (χ1) is 13.0. The highest BCUT2D eigenvalue weighted by molar-refractivity contribution is 6.31. The highest BCUT2D eigenvalue weighted by atomic mass is 35.5. The molecule has 0 spiro atoms. The summed E-state index contributed by atoms with van der Waals surface area (Å²) in [5, 5.41) is 2.91. The Morgan fingerprint density at radius 3 is 2.30 bits per heavy atom.